The number of halogens is 5. The molecule has 164 valence electrons. The first kappa shape index (κ1) is 23.3. The van der Waals surface area contributed by atoms with Crippen molar-refractivity contribution in [3.63, 3.8) is 0 Å². The molecule has 0 aliphatic heterocycles. The average Bonchev–Trinajstić information content (AvgIpc) is 3.09. The van der Waals surface area contributed by atoms with E-state index in [1.54, 1.807) is 0 Å². The Labute approximate surface area is 189 Å². The number of hydrogen-bond donors (Lipinski definition) is 2. The molecule has 0 saturated carbocycles. The summed E-state index contributed by atoms with van der Waals surface area (Å²) in [5.41, 5.74) is -0.543. The molecule has 0 unspecified atom stereocenters. The molecule has 1 heterocycles. The number of aromatic nitrogens is 1. The summed E-state index contributed by atoms with van der Waals surface area (Å²) >= 11 is 12.7. The van der Waals surface area contributed by atoms with E-state index >= 15 is 0 Å². The molecule has 2 N–H and O–H groups in total. The highest BCUT2D eigenvalue weighted by Crippen LogP contribution is 2.30. The number of alkyl halides is 3. The third-order valence-corrected chi connectivity index (χ3v) is 6.87. The quantitative estimate of drug-likeness (QED) is 0.477. The minimum absolute atomic E-state index is 0.0354. The number of benzene rings is 2. The lowest BCUT2D eigenvalue weighted by molar-refractivity contribution is -0.137. The first-order chi connectivity index (χ1) is 14.5. The van der Waals surface area contributed by atoms with Gasteiger partial charge in [-0.3, -0.25) is 9.52 Å². The number of thiazole rings is 1. The van der Waals surface area contributed by atoms with Crippen molar-refractivity contribution in [1.82, 2.24) is 10.3 Å². The number of sulfonamides is 1. The number of carbonyl (C=O) groups is 1. The van der Waals surface area contributed by atoms with E-state index in [0.717, 1.165) is 35.6 Å². The van der Waals surface area contributed by atoms with Crippen molar-refractivity contribution < 1.29 is 26.4 Å². The van der Waals surface area contributed by atoms with E-state index in [9.17, 15) is 26.4 Å². The summed E-state index contributed by atoms with van der Waals surface area (Å²) in [5, 5.41) is 2.29. The predicted molar refractivity (Wildman–Crippen MR) is 112 cm³/mol. The average molecular weight is 510 g/mol. The molecule has 3 aromatic rings. The molecule has 0 radical (unpaired) electrons. The molecule has 31 heavy (non-hydrogen) atoms. The van der Waals surface area contributed by atoms with Gasteiger partial charge in [-0.2, -0.15) is 13.2 Å². The SMILES string of the molecule is O=C(NCc1cccc(C(F)(F)F)c1)c1ccc(S(=O)(=O)Nc2ncc(Cl)s2)c(Cl)c1. The zero-order valence-corrected chi connectivity index (χ0v) is 18.3. The number of nitrogens with zero attached hydrogens (tertiary/aromatic N) is 1. The van der Waals surface area contributed by atoms with E-state index in [4.69, 9.17) is 23.2 Å². The van der Waals surface area contributed by atoms with E-state index < -0.39 is 27.7 Å². The van der Waals surface area contributed by atoms with Crippen LogP contribution in [0.15, 0.2) is 53.6 Å². The molecule has 1 aromatic heterocycles. The molecule has 0 bridgehead atoms. The van der Waals surface area contributed by atoms with Gasteiger partial charge in [-0.15, -0.1) is 0 Å². The molecule has 13 heteroatoms. The van der Waals surface area contributed by atoms with Crippen molar-refractivity contribution in [3.05, 3.63) is 74.7 Å². The van der Waals surface area contributed by atoms with Crippen LogP contribution in [-0.4, -0.2) is 19.3 Å². The summed E-state index contributed by atoms with van der Waals surface area (Å²) < 4.78 is 65.8. The molecular formula is C18H12Cl2F3N3O3S2. The number of anilines is 1. The van der Waals surface area contributed by atoms with Crippen LogP contribution in [0.5, 0.6) is 0 Å². The first-order valence-corrected chi connectivity index (χ1v) is 11.4. The van der Waals surface area contributed by atoms with Gasteiger partial charge >= 0.3 is 6.18 Å². The van der Waals surface area contributed by atoms with E-state index in [1.807, 2.05) is 0 Å². The van der Waals surface area contributed by atoms with Crippen molar-refractivity contribution in [3.8, 4) is 0 Å². The van der Waals surface area contributed by atoms with Gasteiger partial charge in [-0.05, 0) is 35.9 Å². The second-order valence-electron chi connectivity index (χ2n) is 6.10. The predicted octanol–water partition coefficient (Wildman–Crippen LogP) is 5.20. The lowest BCUT2D eigenvalue weighted by Gasteiger charge is -2.11. The number of rotatable bonds is 6. The summed E-state index contributed by atoms with van der Waals surface area (Å²) in [7, 11) is -4.08. The molecule has 0 aliphatic carbocycles. The van der Waals surface area contributed by atoms with Crippen molar-refractivity contribution in [1.29, 1.82) is 0 Å². The lowest BCUT2D eigenvalue weighted by Crippen LogP contribution is -2.23. The fraction of sp³-hybridized carbons (Fsp3) is 0.111. The van der Waals surface area contributed by atoms with Crippen LogP contribution < -0.4 is 10.0 Å². The highest BCUT2D eigenvalue weighted by Gasteiger charge is 2.30. The fourth-order valence-electron chi connectivity index (χ4n) is 2.47. The van der Waals surface area contributed by atoms with E-state index in [0.29, 0.717) is 0 Å². The molecule has 6 nitrogen and oxygen atoms in total. The Hall–Kier alpha value is -2.34. The van der Waals surface area contributed by atoms with Crippen molar-refractivity contribution >= 4 is 55.6 Å². The van der Waals surface area contributed by atoms with Gasteiger partial charge in [-0.25, -0.2) is 13.4 Å². The number of nitrogens with one attached hydrogen (secondary N) is 2. The Kier molecular flexibility index (Phi) is 6.79. The van der Waals surface area contributed by atoms with Crippen LogP contribution in [-0.2, 0) is 22.7 Å². The molecule has 0 atom stereocenters. The summed E-state index contributed by atoms with van der Waals surface area (Å²) in [4.78, 5) is 15.8. The molecule has 3 rings (SSSR count). The highest BCUT2D eigenvalue weighted by molar-refractivity contribution is 7.93. The van der Waals surface area contributed by atoms with Gasteiger partial charge in [0.2, 0.25) is 0 Å². The molecule has 0 spiro atoms. The smallest absolute Gasteiger partial charge is 0.348 e. The van der Waals surface area contributed by atoms with Gasteiger partial charge in [0, 0.05) is 12.1 Å². The zero-order valence-electron chi connectivity index (χ0n) is 15.2. The van der Waals surface area contributed by atoms with Crippen LogP contribution in [0, 0.1) is 0 Å². The Bertz CT molecular complexity index is 1230. The topological polar surface area (TPSA) is 88.2 Å². The molecule has 0 aliphatic rings. The van der Waals surface area contributed by atoms with Crippen LogP contribution in [0.25, 0.3) is 0 Å². The monoisotopic (exact) mass is 509 g/mol. The maximum Gasteiger partial charge on any atom is 0.416 e. The van der Waals surface area contributed by atoms with Crippen molar-refractivity contribution in [2.75, 3.05) is 4.72 Å². The van der Waals surface area contributed by atoms with Gasteiger partial charge in [0.1, 0.15) is 9.23 Å². The van der Waals surface area contributed by atoms with Crippen LogP contribution in [0.1, 0.15) is 21.5 Å². The zero-order chi connectivity index (χ0) is 22.8. The van der Waals surface area contributed by atoms with Gasteiger partial charge < -0.3 is 5.32 Å². The van der Waals surface area contributed by atoms with Gasteiger partial charge in [0.05, 0.1) is 16.8 Å². The summed E-state index contributed by atoms with van der Waals surface area (Å²) in [6, 6.07) is 8.05. The normalized spacial score (nSPS) is 11.9. The first-order valence-electron chi connectivity index (χ1n) is 8.34. The molecule has 0 fully saturated rings. The third kappa shape index (κ3) is 5.88. The van der Waals surface area contributed by atoms with Crippen molar-refractivity contribution in [2.24, 2.45) is 0 Å². The van der Waals surface area contributed by atoms with Crippen LogP contribution in [0.3, 0.4) is 0 Å². The number of carbonyl (C=O) groups excluding carboxylic acids is 1. The van der Waals surface area contributed by atoms with Crippen LogP contribution >= 0.6 is 34.5 Å². The Morgan fingerprint density at radius 3 is 2.48 bits per heavy atom. The molecule has 1 amide bonds. The highest BCUT2D eigenvalue weighted by atomic mass is 35.5. The molecule has 0 saturated heterocycles. The van der Waals surface area contributed by atoms with Gasteiger partial charge in [-0.1, -0.05) is 46.7 Å². The van der Waals surface area contributed by atoms with Crippen LogP contribution in [0.2, 0.25) is 9.36 Å². The maximum absolute atomic E-state index is 12.8. The second kappa shape index (κ2) is 9.03. The van der Waals surface area contributed by atoms with Gasteiger partial charge in [0.25, 0.3) is 15.9 Å². The standard InChI is InChI=1S/C18H12Cl2F3N3O3S2/c19-13-7-11(4-5-14(13)31(28,29)26-17-25-9-15(20)30-17)16(27)24-8-10-2-1-3-12(6-10)18(21,22)23/h1-7,9H,8H2,(H,24,27)(H,25,26). The maximum atomic E-state index is 12.8. The number of amides is 1. The number of hydrogen-bond acceptors (Lipinski definition) is 5. The summed E-state index contributed by atoms with van der Waals surface area (Å²) in [5.74, 6) is -0.636. The minimum atomic E-state index is -4.49. The third-order valence-electron chi connectivity index (χ3n) is 3.89. The van der Waals surface area contributed by atoms with E-state index in [-0.39, 0.29) is 37.1 Å². The Morgan fingerprint density at radius 2 is 1.87 bits per heavy atom. The fourth-order valence-corrected chi connectivity index (χ4v) is 5.07. The minimum Gasteiger partial charge on any atom is -0.348 e. The van der Waals surface area contributed by atoms with Gasteiger partial charge in [0.15, 0.2) is 5.13 Å². The molecular weight excluding hydrogens is 498 g/mol. The lowest BCUT2D eigenvalue weighted by atomic mass is 10.1. The van der Waals surface area contributed by atoms with Crippen LogP contribution in [0.4, 0.5) is 18.3 Å². The second-order valence-corrected chi connectivity index (χ2v) is 9.82. The summed E-state index contributed by atoms with van der Waals surface area (Å²) in [6.45, 7) is -0.160. The van der Waals surface area contributed by atoms with E-state index in [1.165, 1.54) is 24.4 Å². The van der Waals surface area contributed by atoms with Crippen molar-refractivity contribution in [2.45, 2.75) is 17.6 Å². The van der Waals surface area contributed by atoms with E-state index in [2.05, 4.69) is 15.0 Å². The Morgan fingerprint density at radius 1 is 1.13 bits per heavy atom. The largest absolute Gasteiger partial charge is 0.416 e. The Balaban J connectivity index is 1.71. The summed E-state index contributed by atoms with van der Waals surface area (Å²) in [6.07, 6.45) is -3.21. The molecule has 2 aromatic carbocycles.